The second-order valence-electron chi connectivity index (χ2n) is 4.81. The van der Waals surface area contributed by atoms with Crippen molar-refractivity contribution in [3.05, 3.63) is 34.2 Å². The van der Waals surface area contributed by atoms with E-state index in [0.29, 0.717) is 15.5 Å². The standard InChI is InChI=1S/C12H10F6N2O2/c13-11(14,15)6-19-5-3-8(10(19)22)20-4-1-2-7(9(20)21)12(16,17)18/h1-2,4,8H,3,5-6H2/t8-/m0/s1. The molecule has 0 bridgehead atoms. The van der Waals surface area contributed by atoms with Gasteiger partial charge in [0.25, 0.3) is 5.56 Å². The fraction of sp³-hybridized carbons (Fsp3) is 0.500. The molecule has 2 heterocycles. The first-order valence-electron chi connectivity index (χ1n) is 6.14. The van der Waals surface area contributed by atoms with E-state index in [9.17, 15) is 35.9 Å². The van der Waals surface area contributed by atoms with Crippen LogP contribution in [0, 0.1) is 0 Å². The zero-order valence-corrected chi connectivity index (χ0v) is 10.9. The Morgan fingerprint density at radius 3 is 2.32 bits per heavy atom. The fourth-order valence-electron chi connectivity index (χ4n) is 2.33. The Hall–Kier alpha value is -2.00. The lowest BCUT2D eigenvalue weighted by Crippen LogP contribution is -2.39. The topological polar surface area (TPSA) is 42.3 Å². The Balaban J connectivity index is 2.31. The monoisotopic (exact) mass is 328 g/mol. The molecule has 122 valence electrons. The summed E-state index contributed by atoms with van der Waals surface area (Å²) >= 11 is 0. The molecule has 1 amide bonds. The SMILES string of the molecule is O=C1[C@@H](n2cccc(C(F)(F)F)c2=O)CCN1CC(F)(F)F. The lowest BCUT2D eigenvalue weighted by molar-refractivity contribution is -0.158. The van der Waals surface area contributed by atoms with E-state index in [1.807, 2.05) is 0 Å². The van der Waals surface area contributed by atoms with Crippen LogP contribution < -0.4 is 5.56 Å². The molecule has 0 unspecified atom stereocenters. The third kappa shape index (κ3) is 3.25. The Kier molecular flexibility index (Phi) is 3.96. The maximum absolute atomic E-state index is 12.7. The molecule has 0 aromatic carbocycles. The average Bonchev–Trinajstić information content (AvgIpc) is 2.68. The third-order valence-electron chi connectivity index (χ3n) is 3.25. The van der Waals surface area contributed by atoms with Gasteiger partial charge >= 0.3 is 12.4 Å². The smallest absolute Gasteiger partial charge is 0.332 e. The molecule has 0 radical (unpaired) electrons. The molecule has 1 saturated heterocycles. The van der Waals surface area contributed by atoms with Crippen molar-refractivity contribution in [2.75, 3.05) is 13.1 Å². The van der Waals surface area contributed by atoms with Crippen LogP contribution in [0.15, 0.2) is 23.1 Å². The number of nitrogens with zero attached hydrogens (tertiary/aromatic N) is 2. The highest BCUT2D eigenvalue weighted by Crippen LogP contribution is 2.29. The van der Waals surface area contributed by atoms with E-state index in [1.54, 1.807) is 0 Å². The summed E-state index contributed by atoms with van der Waals surface area (Å²) in [4.78, 5) is 24.2. The summed E-state index contributed by atoms with van der Waals surface area (Å²) in [6, 6.07) is 0.146. The van der Waals surface area contributed by atoms with Crippen molar-refractivity contribution >= 4 is 5.91 Å². The van der Waals surface area contributed by atoms with E-state index < -0.39 is 42.0 Å². The van der Waals surface area contributed by atoms with Gasteiger partial charge in [0.15, 0.2) is 0 Å². The van der Waals surface area contributed by atoms with Gasteiger partial charge in [0.2, 0.25) is 5.91 Å². The van der Waals surface area contributed by atoms with Crippen molar-refractivity contribution in [2.24, 2.45) is 0 Å². The highest BCUT2D eigenvalue weighted by atomic mass is 19.4. The van der Waals surface area contributed by atoms with Crippen LogP contribution in [-0.4, -0.2) is 34.6 Å². The predicted molar refractivity (Wildman–Crippen MR) is 62.0 cm³/mol. The number of likely N-dealkylation sites (tertiary alicyclic amines) is 1. The summed E-state index contributed by atoms with van der Waals surface area (Å²) in [5.74, 6) is -1.02. The molecule has 0 aliphatic carbocycles. The Morgan fingerprint density at radius 2 is 1.77 bits per heavy atom. The molecule has 4 nitrogen and oxygen atoms in total. The summed E-state index contributed by atoms with van der Waals surface area (Å²) in [6.45, 7) is -1.76. The number of carbonyl (C=O) groups is 1. The van der Waals surface area contributed by atoms with E-state index in [1.165, 1.54) is 0 Å². The van der Waals surface area contributed by atoms with Gasteiger partial charge in [0.1, 0.15) is 18.2 Å². The van der Waals surface area contributed by atoms with Gasteiger partial charge in [-0.05, 0) is 18.6 Å². The molecule has 0 N–H and O–H groups in total. The number of aromatic nitrogens is 1. The number of hydrogen-bond acceptors (Lipinski definition) is 2. The molecule has 1 aromatic rings. The number of alkyl halides is 6. The van der Waals surface area contributed by atoms with Crippen molar-refractivity contribution in [3.8, 4) is 0 Å². The average molecular weight is 328 g/mol. The van der Waals surface area contributed by atoms with Crippen LogP contribution in [0.4, 0.5) is 26.3 Å². The largest absolute Gasteiger partial charge is 0.421 e. The molecule has 0 spiro atoms. The molecule has 2 rings (SSSR count). The van der Waals surface area contributed by atoms with Gasteiger partial charge in [-0.25, -0.2) is 0 Å². The molecular formula is C12H10F6N2O2. The second-order valence-corrected chi connectivity index (χ2v) is 4.81. The summed E-state index contributed by atoms with van der Waals surface area (Å²) in [5.41, 5.74) is -2.90. The first-order valence-corrected chi connectivity index (χ1v) is 6.14. The lowest BCUT2D eigenvalue weighted by atomic mass is 10.2. The highest BCUT2D eigenvalue weighted by Gasteiger charge is 2.41. The van der Waals surface area contributed by atoms with E-state index in [2.05, 4.69) is 0 Å². The van der Waals surface area contributed by atoms with Crippen LogP contribution >= 0.6 is 0 Å². The third-order valence-corrected chi connectivity index (χ3v) is 3.25. The molecule has 1 aliphatic heterocycles. The molecule has 10 heteroatoms. The zero-order valence-electron chi connectivity index (χ0n) is 10.9. The summed E-state index contributed by atoms with van der Waals surface area (Å²) in [5, 5.41) is 0. The van der Waals surface area contributed by atoms with Crippen LogP contribution in [0.2, 0.25) is 0 Å². The molecule has 22 heavy (non-hydrogen) atoms. The summed E-state index contributed by atoms with van der Waals surface area (Å²) in [6.07, 6.45) is -8.69. The van der Waals surface area contributed by atoms with Crippen LogP contribution in [-0.2, 0) is 11.0 Å². The van der Waals surface area contributed by atoms with Crippen molar-refractivity contribution in [1.29, 1.82) is 0 Å². The van der Waals surface area contributed by atoms with Crippen molar-refractivity contribution < 1.29 is 31.1 Å². The Labute approximate surface area is 119 Å². The molecule has 1 atom stereocenters. The van der Waals surface area contributed by atoms with Crippen molar-refractivity contribution in [1.82, 2.24) is 9.47 Å². The maximum Gasteiger partial charge on any atom is 0.421 e. The maximum atomic E-state index is 12.7. The van der Waals surface area contributed by atoms with Crippen molar-refractivity contribution in [2.45, 2.75) is 24.8 Å². The van der Waals surface area contributed by atoms with E-state index in [4.69, 9.17) is 0 Å². The molecular weight excluding hydrogens is 318 g/mol. The lowest BCUT2D eigenvalue weighted by Gasteiger charge is -2.19. The van der Waals surface area contributed by atoms with Gasteiger partial charge in [-0.15, -0.1) is 0 Å². The predicted octanol–water partition coefficient (Wildman–Crippen LogP) is 2.20. The minimum atomic E-state index is -4.90. The Morgan fingerprint density at radius 1 is 1.14 bits per heavy atom. The number of rotatable bonds is 2. The first-order chi connectivity index (χ1) is 10.0. The van der Waals surface area contributed by atoms with Crippen LogP contribution in [0.3, 0.4) is 0 Å². The van der Waals surface area contributed by atoms with Gasteiger partial charge in [0, 0.05) is 12.7 Å². The zero-order chi connectivity index (χ0) is 16.7. The number of halogens is 6. The normalized spacial score (nSPS) is 19.8. The highest BCUT2D eigenvalue weighted by molar-refractivity contribution is 5.82. The van der Waals surface area contributed by atoms with Gasteiger partial charge < -0.3 is 9.47 Å². The minimum absolute atomic E-state index is 0.157. The minimum Gasteiger partial charge on any atom is -0.332 e. The fourth-order valence-corrected chi connectivity index (χ4v) is 2.33. The van der Waals surface area contributed by atoms with E-state index in [0.717, 1.165) is 12.3 Å². The van der Waals surface area contributed by atoms with Gasteiger partial charge in [0.05, 0.1) is 0 Å². The number of carbonyl (C=O) groups excluding carboxylic acids is 1. The van der Waals surface area contributed by atoms with Crippen LogP contribution in [0.1, 0.15) is 18.0 Å². The molecule has 1 fully saturated rings. The van der Waals surface area contributed by atoms with E-state index in [-0.39, 0.29) is 13.0 Å². The molecule has 1 aromatic heterocycles. The Bertz CT molecular complexity index is 634. The van der Waals surface area contributed by atoms with Crippen molar-refractivity contribution in [3.63, 3.8) is 0 Å². The summed E-state index contributed by atoms with van der Waals surface area (Å²) < 4.78 is 75.4. The number of hydrogen-bond donors (Lipinski definition) is 0. The van der Waals surface area contributed by atoms with Crippen LogP contribution in [0.25, 0.3) is 0 Å². The molecule has 1 aliphatic rings. The number of pyridine rings is 1. The van der Waals surface area contributed by atoms with Gasteiger partial charge in [-0.1, -0.05) is 0 Å². The van der Waals surface area contributed by atoms with Crippen LogP contribution in [0.5, 0.6) is 0 Å². The van der Waals surface area contributed by atoms with Gasteiger partial charge in [-0.2, -0.15) is 26.3 Å². The summed E-state index contributed by atoms with van der Waals surface area (Å²) in [7, 11) is 0. The molecule has 0 saturated carbocycles. The quantitative estimate of drug-likeness (QED) is 0.781. The van der Waals surface area contributed by atoms with Gasteiger partial charge in [-0.3, -0.25) is 9.59 Å². The van der Waals surface area contributed by atoms with E-state index >= 15 is 0 Å². The number of amides is 1. The second kappa shape index (κ2) is 5.33. The first kappa shape index (κ1) is 16.4.